The smallest absolute Gasteiger partial charge is 0.170 e. The van der Waals surface area contributed by atoms with E-state index in [9.17, 15) is 0 Å². The number of ether oxygens (including phenoxy) is 2. The van der Waals surface area contributed by atoms with Gasteiger partial charge in [0.25, 0.3) is 0 Å². The van der Waals surface area contributed by atoms with Crippen LogP contribution in [-0.4, -0.2) is 19.5 Å². The minimum absolute atomic E-state index is 0.308. The third-order valence-corrected chi connectivity index (χ3v) is 3.85. The van der Waals surface area contributed by atoms with Crippen LogP contribution in [0.5, 0.6) is 0 Å². The molecule has 0 fully saturated rings. The molecule has 2 aromatic carbocycles. The Morgan fingerprint density at radius 3 is 1.48 bits per heavy atom. The minimum Gasteiger partial charge on any atom is -0.352 e. The fourth-order valence-electron chi connectivity index (χ4n) is 2.69. The largest absolute Gasteiger partial charge is 0.352 e. The van der Waals surface area contributed by atoms with Crippen molar-refractivity contribution >= 4 is 0 Å². The molecular formula is C19H24O2. The van der Waals surface area contributed by atoms with Gasteiger partial charge >= 0.3 is 0 Å². The van der Waals surface area contributed by atoms with Crippen molar-refractivity contribution in [3.05, 3.63) is 71.8 Å². The van der Waals surface area contributed by atoms with Gasteiger partial charge in [-0.25, -0.2) is 0 Å². The van der Waals surface area contributed by atoms with Crippen LogP contribution in [0.25, 0.3) is 0 Å². The molecule has 2 nitrogen and oxygen atoms in total. The molecule has 21 heavy (non-hydrogen) atoms. The van der Waals surface area contributed by atoms with Gasteiger partial charge in [0.15, 0.2) is 6.29 Å². The summed E-state index contributed by atoms with van der Waals surface area (Å²) in [6, 6.07) is 20.9. The van der Waals surface area contributed by atoms with Gasteiger partial charge in [0.1, 0.15) is 0 Å². The lowest BCUT2D eigenvalue weighted by atomic mass is 9.75. The maximum absolute atomic E-state index is 5.93. The SMILES string of the molecule is CCOC(OCC)C(C)(c1ccccc1)c1ccccc1. The fourth-order valence-corrected chi connectivity index (χ4v) is 2.69. The first-order chi connectivity index (χ1) is 10.2. The standard InChI is InChI=1S/C19H24O2/c1-4-20-18(21-5-2)19(3,16-12-8-6-9-13-16)17-14-10-7-11-15-17/h6-15,18H,4-5H2,1-3H3. The summed E-state index contributed by atoms with van der Waals surface area (Å²) in [5.41, 5.74) is 2.06. The van der Waals surface area contributed by atoms with E-state index in [0.717, 1.165) is 0 Å². The highest BCUT2D eigenvalue weighted by atomic mass is 16.7. The maximum Gasteiger partial charge on any atom is 0.170 e. The lowest BCUT2D eigenvalue weighted by Gasteiger charge is -2.38. The zero-order valence-electron chi connectivity index (χ0n) is 13.1. The minimum atomic E-state index is -0.339. The summed E-state index contributed by atoms with van der Waals surface area (Å²) in [5.74, 6) is 0. The Morgan fingerprint density at radius 1 is 0.762 bits per heavy atom. The van der Waals surface area contributed by atoms with Crippen LogP contribution in [0.3, 0.4) is 0 Å². The Morgan fingerprint density at radius 2 is 1.14 bits per heavy atom. The molecule has 0 aliphatic heterocycles. The second-order valence-electron chi connectivity index (χ2n) is 5.18. The number of rotatable bonds is 7. The van der Waals surface area contributed by atoms with Crippen LogP contribution in [0.1, 0.15) is 31.9 Å². The summed E-state index contributed by atoms with van der Waals surface area (Å²) in [6.45, 7) is 7.44. The van der Waals surface area contributed by atoms with Gasteiger partial charge in [-0.05, 0) is 31.9 Å². The van der Waals surface area contributed by atoms with Gasteiger partial charge in [0.05, 0.1) is 5.41 Å². The molecule has 2 aromatic rings. The molecule has 0 saturated carbocycles. The molecule has 2 heteroatoms. The third kappa shape index (κ3) is 3.34. The van der Waals surface area contributed by atoms with Crippen molar-refractivity contribution in [3.8, 4) is 0 Å². The first-order valence-electron chi connectivity index (χ1n) is 7.57. The Balaban J connectivity index is 2.53. The predicted octanol–water partition coefficient (Wildman–Crippen LogP) is 4.39. The van der Waals surface area contributed by atoms with Crippen LogP contribution in [0.15, 0.2) is 60.7 Å². The zero-order valence-corrected chi connectivity index (χ0v) is 13.1. The van der Waals surface area contributed by atoms with E-state index in [4.69, 9.17) is 9.47 Å². The first-order valence-corrected chi connectivity index (χ1v) is 7.57. The van der Waals surface area contributed by atoms with E-state index in [-0.39, 0.29) is 11.7 Å². The monoisotopic (exact) mass is 284 g/mol. The van der Waals surface area contributed by atoms with Crippen LogP contribution < -0.4 is 0 Å². The molecule has 0 saturated heterocycles. The molecule has 112 valence electrons. The van der Waals surface area contributed by atoms with Crippen molar-refractivity contribution in [1.29, 1.82) is 0 Å². The van der Waals surface area contributed by atoms with Crippen LogP contribution in [0.2, 0.25) is 0 Å². The molecule has 0 heterocycles. The number of hydrogen-bond acceptors (Lipinski definition) is 2. The van der Waals surface area contributed by atoms with Gasteiger partial charge < -0.3 is 9.47 Å². The highest BCUT2D eigenvalue weighted by molar-refractivity contribution is 5.39. The summed E-state index contributed by atoms with van der Waals surface area (Å²) in [4.78, 5) is 0. The maximum atomic E-state index is 5.93. The van der Waals surface area contributed by atoms with Gasteiger partial charge in [0.2, 0.25) is 0 Å². The van der Waals surface area contributed by atoms with E-state index in [1.54, 1.807) is 0 Å². The van der Waals surface area contributed by atoms with Crippen molar-refractivity contribution in [2.24, 2.45) is 0 Å². The summed E-state index contributed by atoms with van der Waals surface area (Å²) >= 11 is 0. The highest BCUT2D eigenvalue weighted by Gasteiger charge is 2.39. The quantitative estimate of drug-likeness (QED) is 0.702. The molecule has 0 bridgehead atoms. The molecule has 0 radical (unpaired) electrons. The summed E-state index contributed by atoms with van der Waals surface area (Å²) in [6.07, 6.45) is -0.308. The summed E-state index contributed by atoms with van der Waals surface area (Å²) in [7, 11) is 0. The van der Waals surface area contributed by atoms with Crippen molar-refractivity contribution in [3.63, 3.8) is 0 Å². The third-order valence-electron chi connectivity index (χ3n) is 3.85. The van der Waals surface area contributed by atoms with Crippen molar-refractivity contribution in [2.75, 3.05) is 13.2 Å². The lowest BCUT2D eigenvalue weighted by Crippen LogP contribution is -2.42. The molecule has 0 aliphatic carbocycles. The van der Waals surface area contributed by atoms with Gasteiger partial charge in [-0.1, -0.05) is 60.7 Å². The Kier molecular flexibility index (Phi) is 5.54. The fraction of sp³-hybridized carbons (Fsp3) is 0.368. The van der Waals surface area contributed by atoms with Gasteiger partial charge in [-0.2, -0.15) is 0 Å². The Bertz CT molecular complexity index is 476. The van der Waals surface area contributed by atoms with Crippen LogP contribution in [-0.2, 0) is 14.9 Å². The van der Waals surface area contributed by atoms with Gasteiger partial charge in [-0.15, -0.1) is 0 Å². The summed E-state index contributed by atoms with van der Waals surface area (Å²) < 4.78 is 11.9. The zero-order chi connectivity index (χ0) is 15.1. The van der Waals surface area contributed by atoms with Gasteiger partial charge in [-0.3, -0.25) is 0 Å². The van der Waals surface area contributed by atoms with Crippen molar-refractivity contribution in [1.82, 2.24) is 0 Å². The Labute approximate surface area is 127 Å². The van der Waals surface area contributed by atoms with Crippen molar-refractivity contribution in [2.45, 2.75) is 32.5 Å². The second-order valence-corrected chi connectivity index (χ2v) is 5.18. The first kappa shape index (κ1) is 15.7. The number of benzene rings is 2. The van der Waals surface area contributed by atoms with E-state index in [0.29, 0.717) is 13.2 Å². The number of hydrogen-bond donors (Lipinski definition) is 0. The van der Waals surface area contributed by atoms with Crippen molar-refractivity contribution < 1.29 is 9.47 Å². The van der Waals surface area contributed by atoms with E-state index < -0.39 is 0 Å². The normalized spacial score (nSPS) is 11.8. The van der Waals surface area contributed by atoms with E-state index in [1.807, 2.05) is 26.0 Å². The molecule has 0 unspecified atom stereocenters. The second kappa shape index (κ2) is 7.39. The molecule has 0 N–H and O–H groups in total. The molecule has 0 atom stereocenters. The van der Waals surface area contributed by atoms with Crippen LogP contribution >= 0.6 is 0 Å². The summed E-state index contributed by atoms with van der Waals surface area (Å²) in [5, 5.41) is 0. The highest BCUT2D eigenvalue weighted by Crippen LogP contribution is 2.37. The average molecular weight is 284 g/mol. The van der Waals surface area contributed by atoms with Gasteiger partial charge in [0, 0.05) is 13.2 Å². The van der Waals surface area contributed by atoms with Crippen LogP contribution in [0.4, 0.5) is 0 Å². The van der Waals surface area contributed by atoms with E-state index in [2.05, 4.69) is 55.5 Å². The molecule has 0 aliphatic rings. The molecule has 0 spiro atoms. The topological polar surface area (TPSA) is 18.5 Å². The molecular weight excluding hydrogens is 260 g/mol. The van der Waals surface area contributed by atoms with E-state index in [1.165, 1.54) is 11.1 Å². The van der Waals surface area contributed by atoms with E-state index >= 15 is 0 Å². The molecule has 2 rings (SSSR count). The van der Waals surface area contributed by atoms with Crippen LogP contribution in [0, 0.1) is 0 Å². The molecule has 0 amide bonds. The molecule has 0 aromatic heterocycles. The lowest BCUT2D eigenvalue weighted by molar-refractivity contribution is -0.166. The predicted molar refractivity (Wildman–Crippen MR) is 86.4 cm³/mol. The average Bonchev–Trinajstić information content (AvgIpc) is 2.55. The Hall–Kier alpha value is -1.64.